The Labute approximate surface area is 145 Å². The molecule has 0 aromatic heterocycles. The lowest BCUT2D eigenvalue weighted by Crippen LogP contribution is -2.36. The molecule has 1 aromatic carbocycles. The fraction of sp³-hybridized carbons (Fsp3) is 0.381. The van der Waals surface area contributed by atoms with Gasteiger partial charge in [0.2, 0.25) is 0 Å². The van der Waals surface area contributed by atoms with Crippen LogP contribution in [0.1, 0.15) is 45.7 Å². The number of carbonyl (C=O) groups is 1. The minimum atomic E-state index is -1.17. The molecule has 1 unspecified atom stereocenters. The van der Waals surface area contributed by atoms with Gasteiger partial charge in [-0.25, -0.2) is 0 Å². The van der Waals surface area contributed by atoms with Gasteiger partial charge in [0, 0.05) is 24.2 Å². The highest BCUT2D eigenvalue weighted by atomic mass is 16.4. The lowest BCUT2D eigenvalue weighted by atomic mass is 9.80. The molecule has 1 atom stereocenters. The Balaban J connectivity index is 2.29. The van der Waals surface area contributed by atoms with Gasteiger partial charge in [0.25, 0.3) is 0 Å². The first-order valence-electron chi connectivity index (χ1n) is 8.26. The average molecular weight is 324 g/mol. The summed E-state index contributed by atoms with van der Waals surface area (Å²) in [5, 5.41) is 10.5. The van der Waals surface area contributed by atoms with Crippen molar-refractivity contribution in [3.8, 4) is 0 Å². The van der Waals surface area contributed by atoms with Crippen LogP contribution in [0.2, 0.25) is 0 Å². The first-order valence-corrected chi connectivity index (χ1v) is 8.26. The van der Waals surface area contributed by atoms with E-state index in [1.54, 1.807) is 13.0 Å². The number of carbonyl (C=O) groups excluding carboxylic acids is 1. The monoisotopic (exact) mass is 324 g/mol. The van der Waals surface area contributed by atoms with Gasteiger partial charge in [0.1, 0.15) is 0 Å². The average Bonchev–Trinajstić information content (AvgIpc) is 2.67. The molecule has 0 bridgehead atoms. The number of aliphatic carboxylic acids is 1. The Morgan fingerprint density at radius 1 is 1.29 bits per heavy atom. The molecule has 0 radical (unpaired) electrons. The lowest BCUT2D eigenvalue weighted by Gasteiger charge is -2.28. The highest BCUT2D eigenvalue weighted by molar-refractivity contribution is 5.79. The van der Waals surface area contributed by atoms with E-state index in [-0.39, 0.29) is 5.41 Å². The number of anilines is 1. The molecule has 2 rings (SSSR count). The molecule has 0 amide bonds. The van der Waals surface area contributed by atoms with Crippen molar-refractivity contribution < 1.29 is 9.90 Å². The number of nitrogens with zero attached hydrogens (tertiary/aromatic N) is 1. The molecular weight excluding hydrogens is 298 g/mol. The summed E-state index contributed by atoms with van der Waals surface area (Å²) in [6.07, 6.45) is 6.74. The van der Waals surface area contributed by atoms with Gasteiger partial charge >= 0.3 is 0 Å². The quantitative estimate of drug-likeness (QED) is 0.629. The Kier molecular flexibility index (Phi) is 5.02. The molecule has 1 aromatic rings. The zero-order valence-electron chi connectivity index (χ0n) is 15.4. The van der Waals surface area contributed by atoms with E-state index >= 15 is 0 Å². The maximum Gasteiger partial charge on any atom is 0.0645 e. The molecule has 1 heterocycles. The molecule has 3 heteroatoms. The van der Waals surface area contributed by atoms with Gasteiger partial charge in [-0.3, -0.25) is 0 Å². The van der Waals surface area contributed by atoms with E-state index in [4.69, 9.17) is 0 Å². The van der Waals surface area contributed by atoms with Crippen LogP contribution in [0.4, 0.5) is 5.69 Å². The number of rotatable bonds is 4. The van der Waals surface area contributed by atoms with E-state index in [0.717, 1.165) is 11.6 Å². The van der Waals surface area contributed by atoms with Gasteiger partial charge in [0.05, 0.1) is 5.97 Å². The standard InChI is InChI=1S/C21H27NO2/c1-14(12-20(23)24)8-7-9-15(2)17-10-11-19-18(13-17)21(4,5)16(3)22(19)6/h7-13,16H,1-6H3,(H,23,24)/p-1/b8-7+,14-12+,15-9+. The maximum absolute atomic E-state index is 10.5. The molecule has 0 saturated carbocycles. The molecule has 0 N–H and O–H groups in total. The van der Waals surface area contributed by atoms with Crippen LogP contribution in [-0.4, -0.2) is 19.1 Å². The minimum Gasteiger partial charge on any atom is -0.545 e. The summed E-state index contributed by atoms with van der Waals surface area (Å²) >= 11 is 0. The summed E-state index contributed by atoms with van der Waals surface area (Å²) in [6.45, 7) is 10.6. The summed E-state index contributed by atoms with van der Waals surface area (Å²) in [7, 11) is 2.15. The Morgan fingerprint density at radius 2 is 1.96 bits per heavy atom. The molecule has 24 heavy (non-hydrogen) atoms. The third-order valence-corrected chi connectivity index (χ3v) is 5.20. The van der Waals surface area contributed by atoms with Crippen molar-refractivity contribution in [1.82, 2.24) is 0 Å². The fourth-order valence-corrected chi connectivity index (χ4v) is 3.20. The number of hydrogen-bond donors (Lipinski definition) is 0. The normalized spacial score (nSPS) is 20.6. The topological polar surface area (TPSA) is 43.4 Å². The third-order valence-electron chi connectivity index (χ3n) is 5.20. The van der Waals surface area contributed by atoms with Crippen LogP contribution in [0, 0.1) is 0 Å². The molecule has 3 nitrogen and oxygen atoms in total. The molecule has 1 aliphatic rings. The first-order chi connectivity index (χ1) is 11.1. The predicted molar refractivity (Wildman–Crippen MR) is 98.9 cm³/mol. The van der Waals surface area contributed by atoms with Crippen molar-refractivity contribution in [3.05, 3.63) is 59.2 Å². The van der Waals surface area contributed by atoms with E-state index in [9.17, 15) is 9.90 Å². The summed E-state index contributed by atoms with van der Waals surface area (Å²) in [4.78, 5) is 12.8. The number of allylic oxidation sites excluding steroid dienone is 5. The second-order valence-electron chi connectivity index (χ2n) is 7.16. The number of benzene rings is 1. The smallest absolute Gasteiger partial charge is 0.0645 e. The summed E-state index contributed by atoms with van der Waals surface area (Å²) in [5.41, 5.74) is 5.78. The van der Waals surface area contributed by atoms with E-state index in [0.29, 0.717) is 11.6 Å². The van der Waals surface area contributed by atoms with Crippen molar-refractivity contribution in [2.75, 3.05) is 11.9 Å². The molecule has 128 valence electrons. The summed E-state index contributed by atoms with van der Waals surface area (Å²) in [5.74, 6) is -1.17. The van der Waals surface area contributed by atoms with E-state index < -0.39 is 5.97 Å². The third kappa shape index (κ3) is 3.45. The van der Waals surface area contributed by atoms with Crippen molar-refractivity contribution in [3.63, 3.8) is 0 Å². The minimum absolute atomic E-state index is 0.115. The number of likely N-dealkylation sites (N-methyl/N-ethyl adjacent to an activating group) is 1. The zero-order valence-corrected chi connectivity index (χ0v) is 15.4. The number of hydrogen-bond acceptors (Lipinski definition) is 3. The molecular formula is C21H26NO2-. The van der Waals surface area contributed by atoms with Crippen molar-refractivity contribution in [2.24, 2.45) is 0 Å². The fourth-order valence-electron chi connectivity index (χ4n) is 3.20. The number of carboxylic acids is 1. The van der Waals surface area contributed by atoms with Gasteiger partial charge in [-0.1, -0.05) is 38.1 Å². The van der Waals surface area contributed by atoms with Gasteiger partial charge in [-0.2, -0.15) is 0 Å². The van der Waals surface area contributed by atoms with Crippen LogP contribution < -0.4 is 10.0 Å². The van der Waals surface area contributed by atoms with Crippen LogP contribution in [0.5, 0.6) is 0 Å². The second-order valence-corrected chi connectivity index (χ2v) is 7.16. The van der Waals surface area contributed by atoms with Crippen LogP contribution in [0.25, 0.3) is 5.57 Å². The van der Waals surface area contributed by atoms with Crippen LogP contribution in [0.15, 0.2) is 48.1 Å². The maximum atomic E-state index is 10.5. The van der Waals surface area contributed by atoms with Gasteiger partial charge in [0.15, 0.2) is 0 Å². The van der Waals surface area contributed by atoms with E-state index in [2.05, 4.69) is 57.8 Å². The highest BCUT2D eigenvalue weighted by Crippen LogP contribution is 2.44. The SMILES string of the molecule is CC(/C=C/C=C(\C)c1ccc2c(c1)C(C)(C)C(C)N2C)=C\C(=O)[O-]. The predicted octanol–water partition coefficient (Wildman–Crippen LogP) is 3.46. The van der Waals surface area contributed by atoms with Crippen molar-refractivity contribution >= 4 is 17.2 Å². The molecule has 0 saturated heterocycles. The lowest BCUT2D eigenvalue weighted by molar-refractivity contribution is -0.297. The Morgan fingerprint density at radius 3 is 2.58 bits per heavy atom. The zero-order chi connectivity index (χ0) is 18.1. The van der Waals surface area contributed by atoms with E-state index in [1.165, 1.54) is 16.8 Å². The summed E-state index contributed by atoms with van der Waals surface area (Å²) < 4.78 is 0. The van der Waals surface area contributed by atoms with Gasteiger partial charge in [-0.15, -0.1) is 0 Å². The van der Waals surface area contributed by atoms with E-state index in [1.807, 2.05) is 12.2 Å². The molecule has 0 spiro atoms. The second kappa shape index (κ2) is 6.68. The number of carboxylic acid groups (broad SMARTS) is 1. The van der Waals surface area contributed by atoms with Crippen LogP contribution in [-0.2, 0) is 10.2 Å². The van der Waals surface area contributed by atoms with Crippen LogP contribution >= 0.6 is 0 Å². The summed E-state index contributed by atoms with van der Waals surface area (Å²) in [6, 6.07) is 7.08. The van der Waals surface area contributed by atoms with Gasteiger partial charge in [-0.05, 0) is 61.3 Å². The van der Waals surface area contributed by atoms with Gasteiger partial charge < -0.3 is 14.8 Å². The largest absolute Gasteiger partial charge is 0.545 e. The molecule has 1 aliphatic heterocycles. The molecule has 0 fully saturated rings. The molecule has 0 aliphatic carbocycles. The van der Waals surface area contributed by atoms with Crippen LogP contribution in [0.3, 0.4) is 0 Å². The van der Waals surface area contributed by atoms with Crippen molar-refractivity contribution in [1.29, 1.82) is 0 Å². The Bertz CT molecular complexity index is 738. The highest BCUT2D eigenvalue weighted by Gasteiger charge is 2.40. The Hall–Kier alpha value is -2.29. The first kappa shape index (κ1) is 18.1. The van der Waals surface area contributed by atoms with Crippen molar-refractivity contribution in [2.45, 2.75) is 46.1 Å². The number of fused-ring (bicyclic) bond motifs is 1.